The summed E-state index contributed by atoms with van der Waals surface area (Å²) in [4.78, 5) is 0. The van der Waals surface area contributed by atoms with Gasteiger partial charge in [0, 0.05) is 0 Å². The summed E-state index contributed by atoms with van der Waals surface area (Å²) < 4.78 is 0. The van der Waals surface area contributed by atoms with Crippen molar-refractivity contribution in [3.8, 4) is 0 Å². The van der Waals surface area contributed by atoms with Crippen molar-refractivity contribution in [2.24, 2.45) is 10.2 Å². The van der Waals surface area contributed by atoms with Crippen LogP contribution in [0.3, 0.4) is 0 Å². The minimum atomic E-state index is 0. The molecule has 1 aromatic carbocycles. The number of benzene rings is 1. The first-order chi connectivity index (χ1) is 6.40. The molecule has 0 aromatic heterocycles. The average molecular weight is 247 g/mol. The van der Waals surface area contributed by atoms with Crippen LogP contribution in [0.15, 0.2) is 40.5 Å². The molecule has 0 saturated carbocycles. The fraction of sp³-hybridized carbons (Fsp3) is 0.111. The van der Waals surface area contributed by atoms with Gasteiger partial charge in [-0.1, -0.05) is 28.4 Å². The zero-order valence-electron chi connectivity index (χ0n) is 8.03. The molecule has 6 heteroatoms. The van der Waals surface area contributed by atoms with Gasteiger partial charge in [0.1, 0.15) is 0 Å². The molecule has 0 aliphatic carbocycles. The Morgan fingerprint density at radius 3 is 2.27 bits per heavy atom. The molecule has 0 amide bonds. The molecule has 15 heavy (non-hydrogen) atoms. The van der Waals surface area contributed by atoms with Gasteiger partial charge in [-0.3, -0.25) is 0 Å². The van der Waals surface area contributed by atoms with Crippen molar-refractivity contribution in [1.82, 2.24) is 0 Å². The summed E-state index contributed by atoms with van der Waals surface area (Å²) in [6.07, 6.45) is 0. The second kappa shape index (κ2) is 6.53. The molecule has 0 atom stereocenters. The molecule has 0 saturated heterocycles. The predicted molar refractivity (Wildman–Crippen MR) is 50.1 cm³/mol. The quantitative estimate of drug-likeness (QED) is 0.521. The number of hydrogen-bond donors (Lipinski definition) is 2. The largest absolute Gasteiger partial charge is 1.00 e. The molecule has 2 rings (SSSR count). The van der Waals surface area contributed by atoms with Crippen LogP contribution >= 0.6 is 0 Å². The maximum atomic E-state index is 4.07. The third kappa shape index (κ3) is 3.28. The van der Waals surface area contributed by atoms with Gasteiger partial charge in [-0.25, -0.2) is 5.32 Å². The van der Waals surface area contributed by atoms with Crippen molar-refractivity contribution in [3.63, 3.8) is 0 Å². The van der Waals surface area contributed by atoms with Crippen molar-refractivity contribution in [3.05, 3.63) is 35.9 Å². The van der Waals surface area contributed by atoms with Gasteiger partial charge in [0.25, 0.3) is 11.7 Å². The number of rotatable bonds is 2. The lowest BCUT2D eigenvalue weighted by atomic mass is 10.2. The highest BCUT2D eigenvalue weighted by molar-refractivity contribution is 5.99. The number of nitrogens with two attached hydrogens (primary N) is 1. The Hall–Kier alpha value is -0.940. The standard InChI is InChI=1S/C9H10N4.2ClH/c10-6-8-11-9(13-12-8)7-4-2-1-3-5-7;;/h1-5H,6,10H2,(H,11,12,13);2*1H. The van der Waals surface area contributed by atoms with Gasteiger partial charge in [-0.15, -0.1) is 0 Å². The summed E-state index contributed by atoms with van der Waals surface area (Å²) in [5, 5.41) is 10.0. The minimum absolute atomic E-state index is 0. The lowest BCUT2D eigenvalue weighted by Gasteiger charge is -1.95. The average Bonchev–Trinajstić information content (AvgIpc) is 2.67. The lowest BCUT2D eigenvalue weighted by molar-refractivity contribution is -0.437. The molecular formula is C9H12Cl2N4. The van der Waals surface area contributed by atoms with Crippen LogP contribution in [0.4, 0.5) is 0 Å². The van der Waals surface area contributed by atoms with Crippen LogP contribution in [0, 0.1) is 0 Å². The van der Waals surface area contributed by atoms with E-state index in [1.807, 2.05) is 35.6 Å². The van der Waals surface area contributed by atoms with Crippen LogP contribution in [-0.4, -0.2) is 18.2 Å². The summed E-state index contributed by atoms with van der Waals surface area (Å²) in [5.41, 5.74) is 4.87. The summed E-state index contributed by atoms with van der Waals surface area (Å²) in [6, 6.07) is 10.0. The maximum Gasteiger partial charge on any atom is 0.281 e. The van der Waals surface area contributed by atoms with E-state index in [9.17, 15) is 0 Å². The van der Waals surface area contributed by atoms with Gasteiger partial charge in [0.15, 0.2) is 6.54 Å². The summed E-state index contributed by atoms with van der Waals surface area (Å²) >= 11 is 0. The number of quaternary nitrogens is 2. The van der Waals surface area contributed by atoms with Gasteiger partial charge < -0.3 is 30.5 Å². The molecular weight excluding hydrogens is 235 g/mol. The molecule has 0 radical (unpaired) electrons. The Morgan fingerprint density at radius 1 is 1.07 bits per heavy atom. The van der Waals surface area contributed by atoms with Crippen molar-refractivity contribution in [1.29, 1.82) is 0 Å². The summed E-state index contributed by atoms with van der Waals surface area (Å²) in [7, 11) is 0. The van der Waals surface area contributed by atoms with Crippen molar-refractivity contribution in [2.45, 2.75) is 0 Å². The number of amidine groups is 2. The Labute approximate surface area is 100 Å². The molecule has 0 fully saturated rings. The van der Waals surface area contributed by atoms with Gasteiger partial charge >= 0.3 is 0 Å². The summed E-state index contributed by atoms with van der Waals surface area (Å²) in [6.45, 7) is 0.694. The van der Waals surface area contributed by atoms with Gasteiger partial charge in [0.05, 0.1) is 5.56 Å². The zero-order chi connectivity index (χ0) is 9.10. The monoisotopic (exact) mass is 246 g/mol. The number of halogens is 2. The van der Waals surface area contributed by atoms with Crippen molar-refractivity contribution >= 4 is 11.7 Å². The molecule has 0 unspecified atom stereocenters. The molecule has 1 aromatic rings. The summed E-state index contributed by atoms with van der Waals surface area (Å²) in [5.74, 6) is 1.87. The molecule has 1 aliphatic heterocycles. The highest BCUT2D eigenvalue weighted by atomic mass is 35.5. The van der Waals surface area contributed by atoms with E-state index in [2.05, 4.69) is 15.9 Å². The zero-order valence-corrected chi connectivity index (χ0v) is 9.54. The number of nitrogens with zero attached hydrogens (tertiary/aromatic N) is 2. The molecule has 5 N–H and O–H groups in total. The van der Waals surface area contributed by atoms with E-state index < -0.39 is 0 Å². The van der Waals surface area contributed by atoms with Crippen LogP contribution < -0.4 is 35.9 Å². The van der Waals surface area contributed by atoms with E-state index in [4.69, 9.17) is 0 Å². The third-order valence-electron chi connectivity index (χ3n) is 1.92. The Morgan fingerprint density at radius 2 is 1.73 bits per heavy atom. The van der Waals surface area contributed by atoms with Crippen LogP contribution in [0.5, 0.6) is 0 Å². The smallest absolute Gasteiger partial charge is 0.281 e. The fourth-order valence-electron chi connectivity index (χ4n) is 1.21. The topological polar surface area (TPSA) is 69.0 Å². The Bertz CT molecular complexity index is 362. The van der Waals surface area contributed by atoms with Gasteiger partial charge in [-0.05, 0) is 12.1 Å². The molecule has 4 nitrogen and oxygen atoms in total. The van der Waals surface area contributed by atoms with E-state index in [1.54, 1.807) is 0 Å². The molecule has 0 spiro atoms. The van der Waals surface area contributed by atoms with Crippen LogP contribution in [0.2, 0.25) is 0 Å². The molecule has 1 heterocycles. The normalized spacial score (nSPS) is 13.4. The predicted octanol–water partition coefficient (Wildman–Crippen LogP) is -7.43. The fourth-order valence-corrected chi connectivity index (χ4v) is 1.21. The van der Waals surface area contributed by atoms with Crippen molar-refractivity contribution < 1.29 is 35.9 Å². The van der Waals surface area contributed by atoms with Crippen LogP contribution in [0.1, 0.15) is 5.56 Å². The number of hydrogen-bond acceptors (Lipinski definition) is 2. The molecule has 0 bridgehead atoms. The van der Waals surface area contributed by atoms with E-state index in [-0.39, 0.29) is 24.8 Å². The maximum absolute atomic E-state index is 4.07. The molecule has 1 aliphatic rings. The van der Waals surface area contributed by atoms with E-state index in [0.29, 0.717) is 6.54 Å². The van der Waals surface area contributed by atoms with Crippen molar-refractivity contribution in [2.75, 3.05) is 6.54 Å². The van der Waals surface area contributed by atoms with Gasteiger partial charge in [0.2, 0.25) is 0 Å². The van der Waals surface area contributed by atoms with Gasteiger partial charge in [-0.2, -0.15) is 0 Å². The highest BCUT2D eigenvalue weighted by Crippen LogP contribution is 1.98. The van der Waals surface area contributed by atoms with E-state index >= 15 is 0 Å². The Balaban J connectivity index is 0.000000980. The highest BCUT2D eigenvalue weighted by Gasteiger charge is 2.18. The third-order valence-corrected chi connectivity index (χ3v) is 1.92. The first-order valence-corrected chi connectivity index (χ1v) is 4.24. The SMILES string of the molecule is [Cl-].[Cl-].[NH3+]CC1=NN=C(c2ccccc2)[NH2+]1. The second-order valence-electron chi connectivity index (χ2n) is 2.84. The van der Waals surface area contributed by atoms with Crippen LogP contribution in [0.25, 0.3) is 0 Å². The first kappa shape index (κ1) is 14.1. The second-order valence-corrected chi connectivity index (χ2v) is 2.84. The lowest BCUT2D eigenvalue weighted by Crippen LogP contribution is -3.00. The van der Waals surface area contributed by atoms with E-state index in [0.717, 1.165) is 17.2 Å². The van der Waals surface area contributed by atoms with E-state index in [1.165, 1.54) is 0 Å². The minimum Gasteiger partial charge on any atom is -1.00 e. The Kier molecular flexibility index (Phi) is 6.12. The molecule has 82 valence electrons. The first-order valence-electron chi connectivity index (χ1n) is 4.24. The van der Waals surface area contributed by atoms with Crippen LogP contribution in [-0.2, 0) is 0 Å².